The van der Waals surface area contributed by atoms with Crippen LogP contribution >= 0.6 is 15.6 Å². The van der Waals surface area contributed by atoms with Crippen molar-refractivity contribution in [3.8, 4) is 0 Å². The van der Waals surface area contributed by atoms with Crippen LogP contribution in [0, 0.1) is 17.8 Å². The topological polar surface area (TPSA) is 450 Å². The molecule has 0 aliphatic carbocycles. The quantitative estimate of drug-likeness (QED) is 0.0310. The normalized spacial score (nSPS) is 36.5. The molecule has 31 nitrogen and oxygen atoms in total. The summed E-state index contributed by atoms with van der Waals surface area (Å²) in [6.07, 6.45) is -17.6. The van der Waals surface area contributed by atoms with Crippen molar-refractivity contribution in [3.05, 3.63) is 0 Å². The molecule has 6 fully saturated rings. The number of rotatable bonds is 29. The van der Waals surface area contributed by atoms with Gasteiger partial charge in [0.1, 0.15) is 36.6 Å². The first-order valence-electron chi connectivity index (χ1n) is 30.5. The van der Waals surface area contributed by atoms with Gasteiger partial charge in [-0.2, -0.15) is 0 Å². The summed E-state index contributed by atoms with van der Waals surface area (Å²) in [6, 6.07) is -2.74. The second-order valence-electron chi connectivity index (χ2n) is 21.7. The maximum atomic E-state index is 13.8. The zero-order valence-electron chi connectivity index (χ0n) is 51.6. The molecule has 512 valence electrons. The molecule has 87 heavy (non-hydrogen) atoms. The van der Waals surface area contributed by atoms with Crippen molar-refractivity contribution in [2.45, 2.75) is 230 Å². The monoisotopic (exact) mass is 1300 g/mol. The van der Waals surface area contributed by atoms with Crippen molar-refractivity contribution in [3.63, 3.8) is 0 Å². The number of phosphoric acid groups is 2. The second kappa shape index (κ2) is 38.8. The number of aliphatic hydroxyl groups is 11. The lowest BCUT2D eigenvalue weighted by atomic mass is 9.92. The number of phosphoric ester groups is 2. The largest absolute Gasteiger partial charge is 0.472 e. The van der Waals surface area contributed by atoms with E-state index in [0.717, 1.165) is 0 Å². The minimum atomic E-state index is -5.00. The molecule has 3 amide bonds. The Balaban J connectivity index is 0.00000320. The molecule has 6 heterocycles. The number of hydrogen-bond donors (Lipinski definition) is 13. The van der Waals surface area contributed by atoms with Gasteiger partial charge in [0.05, 0.1) is 114 Å². The Morgan fingerprint density at radius 3 is 1.07 bits per heavy atom. The van der Waals surface area contributed by atoms with E-state index >= 15 is 0 Å². The number of hydrogen-bond acceptors (Lipinski definition) is 26. The van der Waals surface area contributed by atoms with Gasteiger partial charge in [-0.05, 0) is 38.5 Å². The van der Waals surface area contributed by atoms with E-state index in [1.54, 1.807) is 20.8 Å². The summed E-state index contributed by atoms with van der Waals surface area (Å²) in [5, 5.41) is 111. The van der Waals surface area contributed by atoms with E-state index < -0.39 is 201 Å². The third-order valence-corrected chi connectivity index (χ3v) is 17.8. The molecule has 23 atom stereocenters. The van der Waals surface area contributed by atoms with Crippen LogP contribution in [-0.2, 0) is 70.0 Å². The van der Waals surface area contributed by atoms with Crippen LogP contribution in [0.5, 0.6) is 0 Å². The van der Waals surface area contributed by atoms with Crippen LogP contribution in [0.4, 0.5) is 0 Å². The van der Waals surface area contributed by atoms with E-state index in [9.17, 15) is 89.5 Å². The van der Waals surface area contributed by atoms with Crippen molar-refractivity contribution >= 4 is 33.4 Å². The SMILES string of the molecule is CC.CC.CC.CC1[C@H](OCCCC(=O)N2C[C@H](O)C[C@H]2COP(=O)(O)O[C@@H]2C[C@@H](COP(=O)(O)O[C@@H]3C[C@@H](CO)N(C(=O)CCCO[C@@H]4OC(CO)[C@H](O)[C@H](O)C4C)C3)N(C(=O)CCCO[C@@H]3OC(CO)[C@H](O)[C@H](O)C3C)C2)OC(CO)[C@H](O)[C@@H]1O. The zero-order chi connectivity index (χ0) is 65.5. The Bertz CT molecular complexity index is 2090. The highest BCUT2D eigenvalue weighted by molar-refractivity contribution is 7.47. The smallest absolute Gasteiger partial charge is 0.394 e. The van der Waals surface area contributed by atoms with E-state index in [0.29, 0.717) is 0 Å². The molecular weight excluding hydrogens is 1200 g/mol. The molecule has 0 bridgehead atoms. The second-order valence-corrected chi connectivity index (χ2v) is 24.6. The summed E-state index contributed by atoms with van der Waals surface area (Å²) in [7, 11) is -10.0. The lowest BCUT2D eigenvalue weighted by Gasteiger charge is -2.40. The first-order chi connectivity index (χ1) is 41.3. The van der Waals surface area contributed by atoms with Crippen LogP contribution < -0.4 is 0 Å². The predicted octanol–water partition coefficient (Wildman–Crippen LogP) is -1.16. The molecule has 0 spiro atoms. The van der Waals surface area contributed by atoms with Gasteiger partial charge in [0, 0.05) is 56.7 Å². The molecule has 13 N–H and O–H groups in total. The van der Waals surface area contributed by atoms with Crippen LogP contribution in [0.15, 0.2) is 0 Å². The van der Waals surface area contributed by atoms with Gasteiger partial charge in [0.15, 0.2) is 18.9 Å². The van der Waals surface area contributed by atoms with Gasteiger partial charge >= 0.3 is 15.6 Å². The van der Waals surface area contributed by atoms with Crippen LogP contribution in [0.2, 0.25) is 0 Å². The summed E-state index contributed by atoms with van der Waals surface area (Å²) in [5.41, 5.74) is 0. The van der Waals surface area contributed by atoms with Gasteiger partial charge in [-0.25, -0.2) is 9.13 Å². The molecule has 0 saturated carbocycles. The zero-order valence-corrected chi connectivity index (χ0v) is 53.4. The molecule has 6 saturated heterocycles. The van der Waals surface area contributed by atoms with Crippen molar-refractivity contribution < 1.29 is 136 Å². The third-order valence-electron chi connectivity index (χ3n) is 15.8. The Labute approximate surface area is 509 Å². The minimum Gasteiger partial charge on any atom is -0.394 e. The molecule has 6 aliphatic heterocycles. The summed E-state index contributed by atoms with van der Waals surface area (Å²) < 4.78 is 82.6. The first kappa shape index (κ1) is 79.2. The van der Waals surface area contributed by atoms with Crippen LogP contribution in [0.25, 0.3) is 0 Å². The highest BCUT2D eigenvalue weighted by atomic mass is 31.2. The third kappa shape index (κ3) is 22.9. The fraction of sp³-hybridized carbons (Fsp3) is 0.944. The summed E-state index contributed by atoms with van der Waals surface area (Å²) in [5.74, 6) is -3.47. The fourth-order valence-corrected chi connectivity index (χ4v) is 12.8. The van der Waals surface area contributed by atoms with E-state index in [2.05, 4.69) is 0 Å². The maximum Gasteiger partial charge on any atom is 0.472 e. The van der Waals surface area contributed by atoms with Gasteiger partial charge in [-0.1, -0.05) is 62.3 Å². The molecule has 8 unspecified atom stereocenters. The van der Waals surface area contributed by atoms with Crippen molar-refractivity contribution in [1.29, 1.82) is 0 Å². The summed E-state index contributed by atoms with van der Waals surface area (Å²) >= 11 is 0. The number of β-amino-alcohol motifs (C(OH)–C–C–N with tert-alkyl or cyclic N) is 1. The predicted molar refractivity (Wildman–Crippen MR) is 305 cm³/mol. The summed E-state index contributed by atoms with van der Waals surface area (Å²) in [4.78, 5) is 66.2. The standard InChI is InChI=1S/C48H85N3O28P2.3C2H6/c1-25-40(60)43(63)34(20-53)75-46(25)70-10-4-7-37(57)49-16-31(56)13-29(49)23-73-80(66,67)79-33-15-30(51(18-33)39(59)9-6-12-72-48-27(3)42(62)45(65)36(22-55)77-48)24-74-81(68,69)78-32-14-28(19-52)50(17-32)38(58)8-5-11-71-47-26(2)41(61)44(64)35(21-54)76-47;3*1-2/h25-36,40-48,52-56,60-65H,4-24H2,1-3H3,(H,66,67)(H,68,69);3*1-2H3/t25?,26?,27?,28-,29-,30-,31+,32+,33+,34?,35?,36?,40+,41+,42+,43-,44-,45-,46+,47+,48+;;;/m0.../s1. The highest BCUT2D eigenvalue weighted by Crippen LogP contribution is 2.50. The molecule has 6 rings (SSSR count). The number of carbonyl (C=O) groups is 3. The van der Waals surface area contributed by atoms with E-state index in [1.807, 2.05) is 41.5 Å². The number of ether oxygens (including phenoxy) is 6. The number of carbonyl (C=O) groups excluding carboxylic acids is 3. The fourth-order valence-electron chi connectivity index (χ4n) is 10.9. The Morgan fingerprint density at radius 1 is 0.448 bits per heavy atom. The van der Waals surface area contributed by atoms with Crippen molar-refractivity contribution in [1.82, 2.24) is 14.7 Å². The first-order valence-corrected chi connectivity index (χ1v) is 33.5. The van der Waals surface area contributed by atoms with Gasteiger partial charge in [-0.3, -0.25) is 32.5 Å². The van der Waals surface area contributed by atoms with Gasteiger partial charge in [0.25, 0.3) is 0 Å². The molecular formula is C54H103N3O28P2. The van der Waals surface area contributed by atoms with E-state index in [4.69, 9.17) is 46.5 Å². The molecule has 0 aromatic rings. The van der Waals surface area contributed by atoms with Crippen LogP contribution in [0.1, 0.15) is 120 Å². The molecule has 6 aliphatic rings. The van der Waals surface area contributed by atoms with Gasteiger partial charge in [0.2, 0.25) is 17.7 Å². The number of nitrogens with zero attached hydrogens (tertiary/aromatic N) is 3. The van der Waals surface area contributed by atoms with E-state index in [-0.39, 0.29) is 97.2 Å². The van der Waals surface area contributed by atoms with Crippen LogP contribution in [0.3, 0.4) is 0 Å². The average Bonchev–Trinajstić information content (AvgIpc) is 3.99. The highest BCUT2D eigenvalue weighted by Gasteiger charge is 2.47. The Morgan fingerprint density at radius 2 is 0.747 bits per heavy atom. The van der Waals surface area contributed by atoms with Crippen LogP contribution in [-0.4, -0.2) is 288 Å². The average molecular weight is 1300 g/mol. The van der Waals surface area contributed by atoms with Gasteiger partial charge in [-0.15, -0.1) is 0 Å². The number of likely N-dealkylation sites (tertiary alicyclic amines) is 3. The molecule has 0 radical (unpaired) electrons. The van der Waals surface area contributed by atoms with E-state index in [1.165, 1.54) is 14.7 Å². The van der Waals surface area contributed by atoms with Crippen molar-refractivity contribution in [2.24, 2.45) is 17.8 Å². The number of amides is 3. The van der Waals surface area contributed by atoms with Gasteiger partial charge < -0.3 is 109 Å². The molecule has 0 aromatic carbocycles. The Hall–Kier alpha value is -2.05. The Kier molecular flexibility index (Phi) is 35.4. The molecule has 33 heteroatoms. The molecule has 0 aromatic heterocycles. The minimum absolute atomic E-state index is 0.0116. The summed E-state index contributed by atoms with van der Waals surface area (Å²) in [6.45, 7) is 12.5. The lowest BCUT2D eigenvalue weighted by Crippen LogP contribution is -2.55. The number of aliphatic hydroxyl groups excluding tert-OH is 11. The maximum absolute atomic E-state index is 13.8. The van der Waals surface area contributed by atoms with Crippen molar-refractivity contribution in [2.75, 3.05) is 79.1 Å². The lowest BCUT2D eigenvalue weighted by molar-refractivity contribution is -0.282.